The second kappa shape index (κ2) is 10.4. The van der Waals surface area contributed by atoms with Crippen LogP contribution in [0.15, 0.2) is 23.4 Å². The lowest BCUT2D eigenvalue weighted by Gasteiger charge is -2.31. The summed E-state index contributed by atoms with van der Waals surface area (Å²) in [6, 6.07) is 1.75. The Morgan fingerprint density at radius 2 is 2.14 bits per heavy atom. The van der Waals surface area contributed by atoms with E-state index in [4.69, 9.17) is 10.00 Å². The van der Waals surface area contributed by atoms with Crippen molar-refractivity contribution in [1.82, 2.24) is 30.2 Å². The molecule has 0 aromatic carbocycles. The fourth-order valence-electron chi connectivity index (χ4n) is 3.78. The molecule has 11 nitrogen and oxygen atoms in total. The van der Waals surface area contributed by atoms with Crippen molar-refractivity contribution in [1.29, 1.82) is 5.26 Å². The SMILES string of the molecule is CC(COCc1cn(C2CCN(c3ncc(C#N)s3)CC2)nn1)Nc1cn[nH]c(=O)c1C(F)(F)F. The molecule has 4 rings (SSSR count). The van der Waals surface area contributed by atoms with Crippen LogP contribution in [-0.4, -0.2) is 55.9 Å². The van der Waals surface area contributed by atoms with Gasteiger partial charge in [-0.15, -0.1) is 5.10 Å². The van der Waals surface area contributed by atoms with Crippen LogP contribution in [0.25, 0.3) is 0 Å². The molecule has 15 heteroatoms. The Morgan fingerprint density at radius 1 is 1.37 bits per heavy atom. The lowest BCUT2D eigenvalue weighted by molar-refractivity contribution is -0.138. The first-order chi connectivity index (χ1) is 16.7. The van der Waals surface area contributed by atoms with E-state index in [1.807, 2.05) is 0 Å². The number of nitrogens with one attached hydrogen (secondary N) is 2. The van der Waals surface area contributed by atoms with Gasteiger partial charge in [0.05, 0.1) is 43.5 Å². The molecule has 0 spiro atoms. The number of nitriles is 1. The first kappa shape index (κ1) is 24.6. The van der Waals surface area contributed by atoms with Crippen LogP contribution in [-0.2, 0) is 17.5 Å². The molecule has 3 aromatic rings. The molecular weight excluding hydrogens is 487 g/mol. The number of H-pyrrole nitrogens is 1. The second-order valence-corrected chi connectivity index (χ2v) is 9.08. The number of halogens is 3. The molecule has 0 radical (unpaired) electrons. The van der Waals surface area contributed by atoms with Gasteiger partial charge in [0.15, 0.2) is 5.13 Å². The van der Waals surface area contributed by atoms with Gasteiger partial charge in [-0.25, -0.2) is 14.8 Å². The van der Waals surface area contributed by atoms with Crippen LogP contribution >= 0.6 is 11.3 Å². The van der Waals surface area contributed by atoms with E-state index in [-0.39, 0.29) is 19.3 Å². The summed E-state index contributed by atoms with van der Waals surface area (Å²) in [4.78, 5) is 18.6. The highest BCUT2D eigenvalue weighted by Crippen LogP contribution is 2.32. The van der Waals surface area contributed by atoms with E-state index >= 15 is 0 Å². The highest BCUT2D eigenvalue weighted by molar-refractivity contribution is 7.16. The maximum Gasteiger partial charge on any atom is 0.423 e. The third-order valence-electron chi connectivity index (χ3n) is 5.43. The van der Waals surface area contributed by atoms with Gasteiger partial charge in [-0.1, -0.05) is 16.6 Å². The Balaban J connectivity index is 1.25. The molecule has 1 aliphatic rings. The zero-order valence-corrected chi connectivity index (χ0v) is 19.4. The molecule has 1 atom stereocenters. The molecule has 0 saturated carbocycles. The summed E-state index contributed by atoms with van der Waals surface area (Å²) in [7, 11) is 0. The summed E-state index contributed by atoms with van der Waals surface area (Å²) >= 11 is 1.38. The number of aromatic nitrogens is 6. The topological polar surface area (TPSA) is 138 Å². The number of anilines is 2. The molecule has 2 N–H and O–H groups in total. The molecular formula is C20H22F3N9O2S. The molecule has 35 heavy (non-hydrogen) atoms. The Hall–Kier alpha value is -3.51. The van der Waals surface area contributed by atoms with Crippen LogP contribution in [0.3, 0.4) is 0 Å². The van der Waals surface area contributed by atoms with Crippen molar-refractivity contribution in [3.05, 3.63) is 45.1 Å². The molecule has 0 bridgehead atoms. The normalized spacial score (nSPS) is 15.7. The lowest BCUT2D eigenvalue weighted by atomic mass is 10.1. The van der Waals surface area contributed by atoms with E-state index < -0.39 is 29.0 Å². The van der Waals surface area contributed by atoms with Gasteiger partial charge >= 0.3 is 6.18 Å². The van der Waals surface area contributed by atoms with Crippen molar-refractivity contribution < 1.29 is 17.9 Å². The molecule has 1 aliphatic heterocycles. The first-order valence-electron chi connectivity index (χ1n) is 10.8. The summed E-state index contributed by atoms with van der Waals surface area (Å²) < 4.78 is 46.9. The number of rotatable bonds is 8. The van der Waals surface area contributed by atoms with Gasteiger partial charge in [0.1, 0.15) is 22.2 Å². The number of ether oxygens (including phenoxy) is 1. The molecule has 1 saturated heterocycles. The Bertz CT molecular complexity index is 1240. The fourth-order valence-corrected chi connectivity index (χ4v) is 4.54. The Morgan fingerprint density at radius 3 is 2.83 bits per heavy atom. The van der Waals surface area contributed by atoms with Crippen LogP contribution in [0.2, 0.25) is 0 Å². The van der Waals surface area contributed by atoms with Gasteiger partial charge in [0.25, 0.3) is 5.56 Å². The van der Waals surface area contributed by atoms with E-state index in [2.05, 4.69) is 36.7 Å². The first-order valence-corrected chi connectivity index (χ1v) is 11.6. The third kappa shape index (κ3) is 5.95. The smallest absolute Gasteiger partial charge is 0.378 e. The van der Waals surface area contributed by atoms with Crippen molar-refractivity contribution in [3.63, 3.8) is 0 Å². The maximum absolute atomic E-state index is 13.2. The van der Waals surface area contributed by atoms with Crippen LogP contribution in [0.4, 0.5) is 24.0 Å². The van der Waals surface area contributed by atoms with Crippen molar-refractivity contribution >= 4 is 22.2 Å². The summed E-state index contributed by atoms with van der Waals surface area (Å²) in [6.07, 6.45) is 1.19. The number of alkyl halides is 3. The van der Waals surface area contributed by atoms with Crippen LogP contribution in [0.5, 0.6) is 0 Å². The molecule has 0 aliphatic carbocycles. The summed E-state index contributed by atoms with van der Waals surface area (Å²) in [5.41, 5.74) is -2.44. The minimum atomic E-state index is -4.81. The monoisotopic (exact) mass is 509 g/mol. The van der Waals surface area contributed by atoms with Crippen LogP contribution in [0, 0.1) is 11.3 Å². The van der Waals surface area contributed by atoms with Crippen molar-refractivity contribution in [2.24, 2.45) is 0 Å². The molecule has 1 unspecified atom stereocenters. The van der Waals surface area contributed by atoms with Gasteiger partial charge in [-0.3, -0.25) is 4.79 Å². The van der Waals surface area contributed by atoms with Gasteiger partial charge in [0.2, 0.25) is 0 Å². The lowest BCUT2D eigenvalue weighted by Crippen LogP contribution is -2.34. The molecule has 186 valence electrons. The quantitative estimate of drug-likeness (QED) is 0.469. The fraction of sp³-hybridized carbons (Fsp3) is 0.500. The number of thiazole rings is 1. The Kier molecular flexibility index (Phi) is 7.31. The summed E-state index contributed by atoms with van der Waals surface area (Å²) in [6.45, 7) is 3.42. The van der Waals surface area contributed by atoms with Crippen molar-refractivity contribution in [2.45, 2.75) is 44.6 Å². The number of aromatic amines is 1. The summed E-state index contributed by atoms with van der Waals surface area (Å²) in [5, 5.41) is 26.0. The van der Waals surface area contributed by atoms with Crippen LogP contribution < -0.4 is 15.8 Å². The number of hydrogen-bond acceptors (Lipinski definition) is 10. The van der Waals surface area contributed by atoms with Gasteiger partial charge in [-0.05, 0) is 19.8 Å². The van der Waals surface area contributed by atoms with Crippen LogP contribution in [0.1, 0.15) is 41.9 Å². The van der Waals surface area contributed by atoms with Crippen molar-refractivity contribution in [2.75, 3.05) is 29.9 Å². The highest BCUT2D eigenvalue weighted by Gasteiger charge is 2.37. The third-order valence-corrected chi connectivity index (χ3v) is 6.39. The highest BCUT2D eigenvalue weighted by atomic mass is 32.1. The minimum absolute atomic E-state index is 0.0772. The van der Waals surface area contributed by atoms with E-state index in [0.29, 0.717) is 10.6 Å². The van der Waals surface area contributed by atoms with E-state index in [9.17, 15) is 18.0 Å². The number of hydrogen-bond donors (Lipinski definition) is 2. The standard InChI is InChI=1S/C20H22F3N9O2S/c1-12(27-16-8-26-29-18(33)17(16)20(21,22)23)10-34-11-13-9-32(30-28-13)14-2-4-31(5-3-14)19-25-7-15(6-24)35-19/h7-9,12,14H,2-5,10-11H2,1H3,(H2,27,29,33). The zero-order chi connectivity index (χ0) is 25.0. The minimum Gasteiger partial charge on any atom is -0.378 e. The average molecular weight is 510 g/mol. The summed E-state index contributed by atoms with van der Waals surface area (Å²) in [5.74, 6) is 0. The molecule has 3 aromatic heterocycles. The van der Waals surface area contributed by atoms with E-state index in [1.54, 1.807) is 29.1 Å². The average Bonchev–Trinajstić information content (AvgIpc) is 3.48. The predicted octanol–water partition coefficient (Wildman–Crippen LogP) is 2.57. The molecule has 0 amide bonds. The predicted molar refractivity (Wildman–Crippen MR) is 120 cm³/mol. The largest absolute Gasteiger partial charge is 0.423 e. The second-order valence-electron chi connectivity index (χ2n) is 8.07. The maximum atomic E-state index is 13.2. The molecule has 4 heterocycles. The van der Waals surface area contributed by atoms with E-state index in [0.717, 1.165) is 37.3 Å². The zero-order valence-electron chi connectivity index (χ0n) is 18.6. The van der Waals surface area contributed by atoms with Gasteiger partial charge < -0.3 is 15.0 Å². The van der Waals surface area contributed by atoms with E-state index in [1.165, 1.54) is 11.3 Å². The number of piperidine rings is 1. The van der Waals surface area contributed by atoms with Crippen molar-refractivity contribution in [3.8, 4) is 6.07 Å². The number of nitrogens with zero attached hydrogens (tertiary/aromatic N) is 7. The molecule has 1 fully saturated rings. The van der Waals surface area contributed by atoms with Gasteiger partial charge in [0, 0.05) is 19.1 Å². The van der Waals surface area contributed by atoms with Gasteiger partial charge in [-0.2, -0.15) is 23.5 Å². The Labute approximate surface area is 201 Å².